The normalized spacial score (nSPS) is 18.9. The van der Waals surface area contributed by atoms with Crippen molar-refractivity contribution in [3.05, 3.63) is 21.5 Å². The third kappa shape index (κ3) is 2.40. The van der Waals surface area contributed by atoms with Crippen LogP contribution in [0.5, 0.6) is 0 Å². The fourth-order valence-electron chi connectivity index (χ4n) is 2.19. The van der Waals surface area contributed by atoms with Gasteiger partial charge in [0.2, 0.25) is 0 Å². The van der Waals surface area contributed by atoms with Gasteiger partial charge in [0.1, 0.15) is 5.69 Å². The molecule has 88 valence electrons. The minimum atomic E-state index is -0.832. The van der Waals surface area contributed by atoms with Crippen LogP contribution >= 0.6 is 22.6 Å². The number of hydrogen-bond donors (Lipinski definition) is 1. The van der Waals surface area contributed by atoms with Crippen LogP contribution in [0, 0.1) is 3.57 Å². The standard InChI is InChI=1S/C11H15IN2O2/c1-13-4-2-9(3-5-13)14-7-8(12)6-10(14)11(15)16/h6-7,9H,2-5H2,1H3,(H,15,16). The predicted molar refractivity (Wildman–Crippen MR) is 69.9 cm³/mol. The largest absolute Gasteiger partial charge is 0.477 e. The fourth-order valence-corrected chi connectivity index (χ4v) is 2.79. The first-order chi connectivity index (χ1) is 7.58. The van der Waals surface area contributed by atoms with Crippen molar-refractivity contribution in [3.8, 4) is 0 Å². The van der Waals surface area contributed by atoms with Crippen LogP contribution in [0.25, 0.3) is 0 Å². The number of rotatable bonds is 2. The molecule has 1 saturated heterocycles. The summed E-state index contributed by atoms with van der Waals surface area (Å²) >= 11 is 2.17. The molecule has 1 aliphatic rings. The molecule has 1 aromatic heterocycles. The van der Waals surface area contributed by atoms with Crippen molar-refractivity contribution in [2.24, 2.45) is 0 Å². The van der Waals surface area contributed by atoms with Gasteiger partial charge in [0.25, 0.3) is 0 Å². The van der Waals surface area contributed by atoms with Crippen LogP contribution in [0.4, 0.5) is 0 Å². The van der Waals surface area contributed by atoms with Gasteiger partial charge >= 0.3 is 5.97 Å². The smallest absolute Gasteiger partial charge is 0.352 e. The number of nitrogens with zero attached hydrogens (tertiary/aromatic N) is 2. The Morgan fingerprint density at radius 1 is 1.50 bits per heavy atom. The van der Waals surface area contributed by atoms with Crippen LogP contribution in [-0.4, -0.2) is 40.7 Å². The second-order valence-electron chi connectivity index (χ2n) is 4.29. The molecule has 0 saturated carbocycles. The molecule has 0 aliphatic carbocycles. The molecule has 1 N–H and O–H groups in total. The van der Waals surface area contributed by atoms with Gasteiger partial charge in [0.05, 0.1) is 0 Å². The average molecular weight is 334 g/mol. The average Bonchev–Trinajstić information content (AvgIpc) is 2.61. The Morgan fingerprint density at radius 3 is 2.69 bits per heavy atom. The monoisotopic (exact) mass is 334 g/mol. The molecule has 1 aromatic rings. The minimum Gasteiger partial charge on any atom is -0.477 e. The molecular weight excluding hydrogens is 319 g/mol. The van der Waals surface area contributed by atoms with Crippen molar-refractivity contribution >= 4 is 28.6 Å². The van der Waals surface area contributed by atoms with E-state index in [1.165, 1.54) is 0 Å². The van der Waals surface area contributed by atoms with E-state index in [9.17, 15) is 4.79 Å². The summed E-state index contributed by atoms with van der Waals surface area (Å²) in [6, 6.07) is 2.08. The Balaban J connectivity index is 2.22. The molecule has 0 amide bonds. The highest BCUT2D eigenvalue weighted by Gasteiger charge is 2.22. The van der Waals surface area contributed by atoms with Crippen molar-refractivity contribution in [1.29, 1.82) is 0 Å². The maximum atomic E-state index is 11.1. The third-order valence-corrected chi connectivity index (χ3v) is 3.71. The summed E-state index contributed by atoms with van der Waals surface area (Å²) in [5, 5.41) is 9.13. The number of carboxylic acid groups (broad SMARTS) is 1. The quantitative estimate of drug-likeness (QED) is 0.842. The number of likely N-dealkylation sites (tertiary alicyclic amines) is 1. The van der Waals surface area contributed by atoms with Gasteiger partial charge in [0, 0.05) is 15.8 Å². The zero-order valence-corrected chi connectivity index (χ0v) is 11.3. The van der Waals surface area contributed by atoms with E-state index in [1.54, 1.807) is 6.07 Å². The maximum absolute atomic E-state index is 11.1. The van der Waals surface area contributed by atoms with Crippen molar-refractivity contribution in [2.75, 3.05) is 20.1 Å². The van der Waals surface area contributed by atoms with Crippen LogP contribution < -0.4 is 0 Å². The highest BCUT2D eigenvalue weighted by molar-refractivity contribution is 14.1. The summed E-state index contributed by atoms with van der Waals surface area (Å²) < 4.78 is 2.92. The van der Waals surface area contributed by atoms with E-state index in [0.717, 1.165) is 29.5 Å². The van der Waals surface area contributed by atoms with Crippen LogP contribution in [0.15, 0.2) is 12.3 Å². The number of piperidine rings is 1. The van der Waals surface area contributed by atoms with Gasteiger partial charge in [-0.1, -0.05) is 0 Å². The predicted octanol–water partition coefficient (Wildman–Crippen LogP) is 2.06. The second kappa shape index (κ2) is 4.75. The molecule has 0 unspecified atom stereocenters. The zero-order valence-electron chi connectivity index (χ0n) is 9.19. The molecule has 2 rings (SSSR count). The van der Waals surface area contributed by atoms with Gasteiger partial charge < -0.3 is 14.6 Å². The lowest BCUT2D eigenvalue weighted by Gasteiger charge is -2.30. The fraction of sp³-hybridized carbons (Fsp3) is 0.545. The lowest BCUT2D eigenvalue weighted by molar-refractivity contribution is 0.0679. The first-order valence-electron chi connectivity index (χ1n) is 5.37. The summed E-state index contributed by atoms with van der Waals surface area (Å²) in [6.45, 7) is 2.08. The summed E-state index contributed by atoms with van der Waals surface area (Å²) in [5.74, 6) is -0.832. The Morgan fingerprint density at radius 2 is 2.12 bits per heavy atom. The summed E-state index contributed by atoms with van der Waals surface area (Å²) in [5.41, 5.74) is 0.416. The molecule has 0 bridgehead atoms. The third-order valence-electron chi connectivity index (χ3n) is 3.12. The number of hydrogen-bond acceptors (Lipinski definition) is 2. The highest BCUT2D eigenvalue weighted by atomic mass is 127. The van der Waals surface area contributed by atoms with Crippen LogP contribution in [0.3, 0.4) is 0 Å². The number of halogens is 1. The zero-order chi connectivity index (χ0) is 11.7. The van der Waals surface area contributed by atoms with Crippen molar-refractivity contribution in [1.82, 2.24) is 9.47 Å². The van der Waals surface area contributed by atoms with Crippen molar-refractivity contribution < 1.29 is 9.90 Å². The lowest BCUT2D eigenvalue weighted by Crippen LogP contribution is -2.32. The summed E-state index contributed by atoms with van der Waals surface area (Å²) in [7, 11) is 2.10. The van der Waals surface area contributed by atoms with E-state index in [0.29, 0.717) is 11.7 Å². The summed E-state index contributed by atoms with van der Waals surface area (Å²) in [4.78, 5) is 13.4. The number of carbonyl (C=O) groups is 1. The molecule has 0 aromatic carbocycles. The highest BCUT2D eigenvalue weighted by Crippen LogP contribution is 2.25. The summed E-state index contributed by atoms with van der Waals surface area (Å²) in [6.07, 6.45) is 4.00. The molecule has 16 heavy (non-hydrogen) atoms. The topological polar surface area (TPSA) is 45.5 Å². The van der Waals surface area contributed by atoms with E-state index in [4.69, 9.17) is 5.11 Å². The molecule has 2 heterocycles. The van der Waals surface area contributed by atoms with Crippen LogP contribution in [-0.2, 0) is 0 Å². The Hall–Kier alpha value is -0.560. The van der Waals surface area contributed by atoms with Crippen LogP contribution in [0.1, 0.15) is 29.4 Å². The van der Waals surface area contributed by atoms with E-state index >= 15 is 0 Å². The molecule has 1 fully saturated rings. The Labute approximate surface area is 108 Å². The minimum absolute atomic E-state index is 0.339. The molecule has 1 aliphatic heterocycles. The number of aromatic carboxylic acids is 1. The Bertz CT molecular complexity index is 395. The van der Waals surface area contributed by atoms with Gasteiger partial charge in [0.15, 0.2) is 0 Å². The van der Waals surface area contributed by atoms with Crippen molar-refractivity contribution in [3.63, 3.8) is 0 Å². The van der Waals surface area contributed by atoms with Gasteiger partial charge in [-0.05, 0) is 61.6 Å². The first-order valence-corrected chi connectivity index (χ1v) is 6.45. The molecule has 0 spiro atoms. The van der Waals surface area contributed by atoms with Gasteiger partial charge in [-0.25, -0.2) is 4.79 Å². The molecule has 0 radical (unpaired) electrons. The van der Waals surface area contributed by atoms with Gasteiger partial charge in [-0.3, -0.25) is 0 Å². The SMILES string of the molecule is CN1CCC(n2cc(I)cc2C(=O)O)CC1. The molecule has 0 atom stereocenters. The molecular formula is C11H15IN2O2. The maximum Gasteiger partial charge on any atom is 0.352 e. The van der Waals surface area contributed by atoms with Gasteiger partial charge in [-0.15, -0.1) is 0 Å². The Kier molecular flexibility index (Phi) is 3.53. The van der Waals surface area contributed by atoms with E-state index < -0.39 is 5.97 Å². The molecule has 5 heteroatoms. The van der Waals surface area contributed by atoms with Crippen LogP contribution in [0.2, 0.25) is 0 Å². The van der Waals surface area contributed by atoms with Gasteiger partial charge in [-0.2, -0.15) is 0 Å². The number of aromatic nitrogens is 1. The second-order valence-corrected chi connectivity index (χ2v) is 5.54. The number of carboxylic acids is 1. The van der Waals surface area contributed by atoms with E-state index in [1.807, 2.05) is 10.8 Å². The van der Waals surface area contributed by atoms with E-state index in [2.05, 4.69) is 34.5 Å². The lowest BCUT2D eigenvalue weighted by atomic mass is 10.1. The van der Waals surface area contributed by atoms with Crippen molar-refractivity contribution in [2.45, 2.75) is 18.9 Å². The van der Waals surface area contributed by atoms with E-state index in [-0.39, 0.29) is 0 Å². The molecule has 4 nitrogen and oxygen atoms in total. The first kappa shape index (κ1) is 11.9.